The highest BCUT2D eigenvalue weighted by molar-refractivity contribution is 7.15. The van der Waals surface area contributed by atoms with Gasteiger partial charge in [0.2, 0.25) is 10.1 Å². The van der Waals surface area contributed by atoms with E-state index in [-0.39, 0.29) is 37.8 Å². The summed E-state index contributed by atoms with van der Waals surface area (Å²) >= 11 is 11.9. The Kier molecular flexibility index (Phi) is 4.78. The highest BCUT2D eigenvalue weighted by atomic mass is 35.5. The van der Waals surface area contributed by atoms with Crippen LogP contribution >= 0.6 is 34.5 Å². The molecule has 1 aromatic carbocycles. The molecule has 1 amide bonds. The molecule has 0 fully saturated rings. The molecule has 0 aliphatic carbocycles. The predicted molar refractivity (Wildman–Crippen MR) is 75.9 cm³/mol. The van der Waals surface area contributed by atoms with Gasteiger partial charge in [-0.2, -0.15) is 13.2 Å². The van der Waals surface area contributed by atoms with E-state index in [4.69, 9.17) is 27.9 Å². The average molecular weight is 372 g/mol. The fraction of sp³-hybridized carbons (Fsp3) is 0.182. The molecule has 0 saturated heterocycles. The van der Waals surface area contributed by atoms with Crippen molar-refractivity contribution in [2.75, 3.05) is 12.4 Å². The molecule has 0 aliphatic rings. The summed E-state index contributed by atoms with van der Waals surface area (Å²) < 4.78 is 42.3. The van der Waals surface area contributed by atoms with E-state index in [2.05, 4.69) is 15.5 Å². The van der Waals surface area contributed by atoms with Crippen LogP contribution in [0.5, 0.6) is 5.75 Å². The van der Waals surface area contributed by atoms with Gasteiger partial charge in [0.1, 0.15) is 5.75 Å². The van der Waals surface area contributed by atoms with Crippen LogP contribution in [-0.2, 0) is 6.18 Å². The number of carbonyl (C=O) groups excluding carboxylic acids is 1. The van der Waals surface area contributed by atoms with Gasteiger partial charge in [-0.3, -0.25) is 10.1 Å². The third kappa shape index (κ3) is 3.60. The Hall–Kier alpha value is -1.58. The Morgan fingerprint density at radius 2 is 2.00 bits per heavy atom. The minimum Gasteiger partial charge on any atom is -0.494 e. The first-order valence-electron chi connectivity index (χ1n) is 5.47. The zero-order chi connectivity index (χ0) is 16.5. The summed E-state index contributed by atoms with van der Waals surface area (Å²) in [6.45, 7) is 0. The number of anilines is 1. The van der Waals surface area contributed by atoms with Crippen molar-refractivity contribution < 1.29 is 22.7 Å². The van der Waals surface area contributed by atoms with Crippen molar-refractivity contribution in [3.05, 3.63) is 32.7 Å². The molecule has 0 unspecified atom stereocenters. The van der Waals surface area contributed by atoms with Gasteiger partial charge in [-0.05, 0) is 12.1 Å². The summed E-state index contributed by atoms with van der Waals surface area (Å²) in [7, 11) is 1.29. The van der Waals surface area contributed by atoms with Gasteiger partial charge in [0.05, 0.1) is 17.7 Å². The van der Waals surface area contributed by atoms with Gasteiger partial charge in [0.15, 0.2) is 0 Å². The first-order valence-corrected chi connectivity index (χ1v) is 7.04. The lowest BCUT2D eigenvalue weighted by molar-refractivity contribution is -0.138. The smallest absolute Gasteiger partial charge is 0.445 e. The number of ether oxygens (including phenoxy) is 1. The van der Waals surface area contributed by atoms with Gasteiger partial charge in [0, 0.05) is 5.02 Å². The average Bonchev–Trinajstić information content (AvgIpc) is 2.86. The Bertz CT molecular complexity index is 721. The maximum atomic E-state index is 12.4. The van der Waals surface area contributed by atoms with Crippen LogP contribution in [0.1, 0.15) is 15.4 Å². The number of aromatic nitrogens is 2. The number of benzene rings is 1. The first kappa shape index (κ1) is 16.8. The van der Waals surface area contributed by atoms with Crippen LogP contribution in [0.25, 0.3) is 0 Å². The molecule has 118 valence electrons. The second-order valence-electron chi connectivity index (χ2n) is 3.83. The van der Waals surface area contributed by atoms with E-state index >= 15 is 0 Å². The number of alkyl halides is 3. The third-order valence-electron chi connectivity index (χ3n) is 2.35. The van der Waals surface area contributed by atoms with E-state index in [0.717, 1.165) is 0 Å². The van der Waals surface area contributed by atoms with Gasteiger partial charge in [-0.15, -0.1) is 10.2 Å². The van der Waals surface area contributed by atoms with Crippen molar-refractivity contribution in [3.8, 4) is 5.75 Å². The molecule has 1 heterocycles. The SMILES string of the molecule is COc1c(Cl)cc(Cl)cc1C(=O)Nc1nnc(C(F)(F)F)s1. The van der Waals surface area contributed by atoms with Crippen molar-refractivity contribution in [2.24, 2.45) is 0 Å². The summed E-state index contributed by atoms with van der Waals surface area (Å²) in [5.41, 5.74) is -0.0382. The van der Waals surface area contributed by atoms with Gasteiger partial charge in [-0.1, -0.05) is 34.5 Å². The van der Waals surface area contributed by atoms with Crippen LogP contribution < -0.4 is 10.1 Å². The molecule has 0 aliphatic heterocycles. The molecule has 0 bridgehead atoms. The molecule has 1 N–H and O–H groups in total. The Morgan fingerprint density at radius 1 is 1.32 bits per heavy atom. The lowest BCUT2D eigenvalue weighted by atomic mass is 10.2. The molecule has 11 heteroatoms. The second kappa shape index (κ2) is 6.27. The Labute approximate surface area is 136 Å². The molecule has 0 spiro atoms. The van der Waals surface area contributed by atoms with E-state index in [1.807, 2.05) is 0 Å². The monoisotopic (exact) mass is 371 g/mol. The van der Waals surface area contributed by atoms with Crippen LogP contribution in [0.4, 0.5) is 18.3 Å². The molecule has 2 rings (SSSR count). The van der Waals surface area contributed by atoms with Crippen molar-refractivity contribution in [3.63, 3.8) is 0 Å². The maximum absolute atomic E-state index is 12.4. The summed E-state index contributed by atoms with van der Waals surface area (Å²) in [6, 6.07) is 2.64. The molecule has 0 saturated carbocycles. The number of nitrogens with zero attached hydrogens (tertiary/aromatic N) is 2. The summed E-state index contributed by atoms with van der Waals surface area (Å²) in [6.07, 6.45) is -4.63. The lowest BCUT2D eigenvalue weighted by Gasteiger charge is -2.10. The number of hydrogen-bond acceptors (Lipinski definition) is 5. The minimum absolute atomic E-state index is 0.0382. The van der Waals surface area contributed by atoms with Gasteiger partial charge < -0.3 is 4.74 Å². The quantitative estimate of drug-likeness (QED) is 0.880. The normalized spacial score (nSPS) is 11.4. The van der Waals surface area contributed by atoms with E-state index in [1.165, 1.54) is 19.2 Å². The molecular weight excluding hydrogens is 366 g/mol. The van der Waals surface area contributed by atoms with Crippen molar-refractivity contribution >= 4 is 45.6 Å². The second-order valence-corrected chi connectivity index (χ2v) is 5.65. The molecule has 1 aromatic heterocycles. The molecule has 5 nitrogen and oxygen atoms in total. The number of hydrogen-bond donors (Lipinski definition) is 1. The molecular formula is C11H6Cl2F3N3O2S. The third-order valence-corrected chi connectivity index (χ3v) is 3.73. The zero-order valence-electron chi connectivity index (χ0n) is 10.7. The topological polar surface area (TPSA) is 64.1 Å². The fourth-order valence-electron chi connectivity index (χ4n) is 1.49. The van der Waals surface area contributed by atoms with Crippen molar-refractivity contribution in [2.45, 2.75) is 6.18 Å². The number of carbonyl (C=O) groups is 1. The first-order chi connectivity index (χ1) is 10.2. The van der Waals surface area contributed by atoms with Crippen molar-refractivity contribution in [1.29, 1.82) is 0 Å². The molecule has 2 aromatic rings. The highest BCUT2D eigenvalue weighted by Crippen LogP contribution is 2.35. The number of amides is 1. The number of nitrogens with one attached hydrogen (secondary N) is 1. The lowest BCUT2D eigenvalue weighted by Crippen LogP contribution is -2.13. The van der Waals surface area contributed by atoms with E-state index in [9.17, 15) is 18.0 Å². The maximum Gasteiger partial charge on any atom is 0.445 e. The Morgan fingerprint density at radius 3 is 2.55 bits per heavy atom. The standard InChI is InChI=1S/C11H6Cl2F3N3O2S/c1-21-7-5(2-4(12)3-6(7)13)8(20)17-10-19-18-9(22-10)11(14,15)16/h2-3H,1H3,(H,17,19,20). The molecule has 0 atom stereocenters. The van der Waals surface area contributed by atoms with Crippen LogP contribution in [0, 0.1) is 0 Å². The van der Waals surface area contributed by atoms with Crippen LogP contribution in [0.3, 0.4) is 0 Å². The number of halogens is 5. The highest BCUT2D eigenvalue weighted by Gasteiger charge is 2.36. The summed E-state index contributed by atoms with van der Waals surface area (Å²) in [5, 5.41) is 7.19. The van der Waals surface area contributed by atoms with Crippen LogP contribution in [0.2, 0.25) is 10.0 Å². The van der Waals surface area contributed by atoms with E-state index in [1.54, 1.807) is 0 Å². The summed E-state index contributed by atoms with van der Waals surface area (Å²) in [5.74, 6) is -0.727. The number of rotatable bonds is 3. The van der Waals surface area contributed by atoms with Crippen molar-refractivity contribution in [1.82, 2.24) is 10.2 Å². The van der Waals surface area contributed by atoms with E-state index in [0.29, 0.717) is 0 Å². The Balaban J connectivity index is 2.28. The molecule has 0 radical (unpaired) electrons. The molecule has 22 heavy (non-hydrogen) atoms. The fourth-order valence-corrected chi connectivity index (χ4v) is 2.67. The largest absolute Gasteiger partial charge is 0.494 e. The van der Waals surface area contributed by atoms with Gasteiger partial charge in [0.25, 0.3) is 5.91 Å². The minimum atomic E-state index is -4.63. The van der Waals surface area contributed by atoms with Gasteiger partial charge >= 0.3 is 6.18 Å². The van der Waals surface area contributed by atoms with Crippen LogP contribution in [-0.4, -0.2) is 23.2 Å². The van der Waals surface area contributed by atoms with Gasteiger partial charge in [-0.25, -0.2) is 0 Å². The predicted octanol–water partition coefficient (Wildman–Crippen LogP) is 4.12. The van der Waals surface area contributed by atoms with E-state index < -0.39 is 17.1 Å². The van der Waals surface area contributed by atoms with Crippen LogP contribution in [0.15, 0.2) is 12.1 Å². The summed E-state index contributed by atoms with van der Waals surface area (Å²) in [4.78, 5) is 12.1. The zero-order valence-corrected chi connectivity index (χ0v) is 13.0. The number of methoxy groups -OCH3 is 1.